The van der Waals surface area contributed by atoms with Gasteiger partial charge in [-0.05, 0) is 51.8 Å². The Balaban J connectivity index is 1.62. The van der Waals surface area contributed by atoms with Crippen molar-refractivity contribution in [3.63, 3.8) is 0 Å². The Labute approximate surface area is 202 Å². The van der Waals surface area contributed by atoms with E-state index in [0.29, 0.717) is 22.5 Å². The van der Waals surface area contributed by atoms with Crippen molar-refractivity contribution in [2.75, 3.05) is 0 Å². The van der Waals surface area contributed by atoms with E-state index in [1.54, 1.807) is 34.9 Å². The van der Waals surface area contributed by atoms with E-state index in [1.165, 1.54) is 17.3 Å². The molecule has 2 aromatic carbocycles. The van der Waals surface area contributed by atoms with Crippen LogP contribution in [0.5, 0.6) is 0 Å². The first-order valence-electron chi connectivity index (χ1n) is 10.1. The van der Waals surface area contributed by atoms with Crippen LogP contribution >= 0.6 is 15.9 Å². The maximum Gasteiger partial charge on any atom is 0.273 e. The standard InChI is InChI=1S/C24H17BrF2N6O/c25-22-3-1-2-21(30-22)24(34)32(13-18-8-9-19(26)10-20(18)27)14-23-31-29-15-33(23)12-17-6-4-16(11-28)5-7-17/h1-10,15H,12-14H2. The molecule has 4 aromatic rings. The van der Waals surface area contributed by atoms with Crippen molar-refractivity contribution in [3.8, 4) is 6.07 Å². The van der Waals surface area contributed by atoms with Crippen LogP contribution in [0.4, 0.5) is 8.78 Å². The van der Waals surface area contributed by atoms with Crippen LogP contribution in [0, 0.1) is 23.0 Å². The SMILES string of the molecule is N#Cc1ccc(Cn2cnnc2CN(Cc2ccc(F)cc2F)C(=O)c2cccc(Br)n2)cc1. The van der Waals surface area contributed by atoms with Gasteiger partial charge in [0.25, 0.3) is 5.91 Å². The highest BCUT2D eigenvalue weighted by Crippen LogP contribution is 2.18. The maximum atomic E-state index is 14.4. The third-order valence-corrected chi connectivity index (χ3v) is 5.50. The molecule has 0 radical (unpaired) electrons. The summed E-state index contributed by atoms with van der Waals surface area (Å²) in [6, 6.07) is 17.3. The van der Waals surface area contributed by atoms with Crippen LogP contribution in [0.2, 0.25) is 0 Å². The fourth-order valence-corrected chi connectivity index (χ4v) is 3.67. The second-order valence-electron chi connectivity index (χ2n) is 7.43. The molecule has 0 saturated carbocycles. The average molecular weight is 523 g/mol. The Hall–Kier alpha value is -3.97. The van der Waals surface area contributed by atoms with Crippen molar-refractivity contribution in [1.82, 2.24) is 24.6 Å². The predicted molar refractivity (Wildman–Crippen MR) is 122 cm³/mol. The average Bonchev–Trinajstić information content (AvgIpc) is 3.26. The number of amides is 1. The third kappa shape index (κ3) is 5.50. The molecule has 0 aliphatic carbocycles. The summed E-state index contributed by atoms with van der Waals surface area (Å²) in [6.07, 6.45) is 1.53. The minimum atomic E-state index is -0.751. The number of pyridine rings is 1. The number of carbonyl (C=O) groups is 1. The van der Waals surface area contributed by atoms with E-state index in [0.717, 1.165) is 17.7 Å². The quantitative estimate of drug-likeness (QED) is 0.334. The number of nitriles is 1. The van der Waals surface area contributed by atoms with Crippen molar-refractivity contribution in [2.45, 2.75) is 19.6 Å². The molecule has 0 saturated heterocycles. The zero-order valence-corrected chi connectivity index (χ0v) is 19.3. The molecular formula is C24H17BrF2N6O. The molecule has 7 nitrogen and oxygen atoms in total. The highest BCUT2D eigenvalue weighted by Gasteiger charge is 2.22. The number of aromatic nitrogens is 4. The van der Waals surface area contributed by atoms with Gasteiger partial charge in [0.05, 0.1) is 24.7 Å². The molecule has 34 heavy (non-hydrogen) atoms. The lowest BCUT2D eigenvalue weighted by molar-refractivity contribution is 0.0715. The third-order valence-electron chi connectivity index (χ3n) is 5.06. The molecule has 0 N–H and O–H groups in total. The minimum absolute atomic E-state index is 0.0140. The van der Waals surface area contributed by atoms with Crippen LogP contribution in [-0.2, 0) is 19.6 Å². The molecule has 0 fully saturated rings. The summed E-state index contributed by atoms with van der Waals surface area (Å²) >= 11 is 3.26. The van der Waals surface area contributed by atoms with E-state index in [9.17, 15) is 13.6 Å². The highest BCUT2D eigenvalue weighted by atomic mass is 79.9. The van der Waals surface area contributed by atoms with E-state index in [1.807, 2.05) is 12.1 Å². The van der Waals surface area contributed by atoms with Crippen molar-refractivity contribution < 1.29 is 13.6 Å². The number of carbonyl (C=O) groups excluding carboxylic acids is 1. The zero-order valence-electron chi connectivity index (χ0n) is 17.7. The lowest BCUT2D eigenvalue weighted by Crippen LogP contribution is -2.32. The van der Waals surface area contributed by atoms with E-state index in [4.69, 9.17) is 5.26 Å². The lowest BCUT2D eigenvalue weighted by atomic mass is 10.1. The Morgan fingerprint density at radius 2 is 1.88 bits per heavy atom. The number of benzene rings is 2. The first-order valence-corrected chi connectivity index (χ1v) is 10.9. The summed E-state index contributed by atoms with van der Waals surface area (Å²) in [4.78, 5) is 18.9. The van der Waals surface area contributed by atoms with Crippen molar-refractivity contribution in [3.05, 3.63) is 111 Å². The summed E-state index contributed by atoms with van der Waals surface area (Å²) in [5.74, 6) is -1.43. The van der Waals surface area contributed by atoms with Gasteiger partial charge in [-0.15, -0.1) is 10.2 Å². The van der Waals surface area contributed by atoms with Gasteiger partial charge in [-0.3, -0.25) is 4.79 Å². The van der Waals surface area contributed by atoms with Gasteiger partial charge >= 0.3 is 0 Å². The van der Waals surface area contributed by atoms with Gasteiger partial charge in [-0.1, -0.05) is 24.3 Å². The number of halogens is 3. The molecule has 2 heterocycles. The molecule has 0 unspecified atom stereocenters. The molecule has 4 rings (SSSR count). The second-order valence-corrected chi connectivity index (χ2v) is 8.24. The summed E-state index contributed by atoms with van der Waals surface area (Å²) in [5.41, 5.74) is 1.78. The monoisotopic (exact) mass is 522 g/mol. The zero-order chi connectivity index (χ0) is 24.1. The van der Waals surface area contributed by atoms with Gasteiger partial charge < -0.3 is 9.47 Å². The summed E-state index contributed by atoms with van der Waals surface area (Å²) in [5, 5.41) is 17.1. The van der Waals surface area contributed by atoms with Gasteiger partial charge in [-0.25, -0.2) is 13.8 Å². The summed E-state index contributed by atoms with van der Waals surface area (Å²) < 4.78 is 30.0. The van der Waals surface area contributed by atoms with Crippen LogP contribution < -0.4 is 0 Å². The fourth-order valence-electron chi connectivity index (χ4n) is 3.33. The van der Waals surface area contributed by atoms with Crippen molar-refractivity contribution >= 4 is 21.8 Å². The van der Waals surface area contributed by atoms with Crippen molar-refractivity contribution in [2.24, 2.45) is 0 Å². The summed E-state index contributed by atoms with van der Waals surface area (Å²) in [6.45, 7) is 0.305. The Morgan fingerprint density at radius 3 is 2.59 bits per heavy atom. The number of rotatable bonds is 7. The second kappa shape index (κ2) is 10.3. The molecule has 0 aliphatic heterocycles. The molecule has 0 atom stereocenters. The Morgan fingerprint density at radius 1 is 1.09 bits per heavy atom. The van der Waals surface area contributed by atoms with Gasteiger partial charge in [0.2, 0.25) is 0 Å². The smallest absolute Gasteiger partial charge is 0.273 e. The fraction of sp³-hybridized carbons (Fsp3) is 0.125. The molecule has 2 aromatic heterocycles. The van der Waals surface area contributed by atoms with E-state index < -0.39 is 17.5 Å². The van der Waals surface area contributed by atoms with Gasteiger partial charge in [0.15, 0.2) is 5.82 Å². The van der Waals surface area contributed by atoms with E-state index in [-0.39, 0.29) is 24.3 Å². The van der Waals surface area contributed by atoms with Crippen LogP contribution in [0.25, 0.3) is 0 Å². The van der Waals surface area contributed by atoms with Crippen LogP contribution in [-0.4, -0.2) is 30.6 Å². The van der Waals surface area contributed by atoms with Gasteiger partial charge in [-0.2, -0.15) is 5.26 Å². The number of hydrogen-bond acceptors (Lipinski definition) is 5. The molecule has 1 amide bonds. The predicted octanol–water partition coefficient (Wildman–Crippen LogP) is 4.48. The number of nitrogens with zero attached hydrogens (tertiary/aromatic N) is 6. The van der Waals surface area contributed by atoms with Crippen LogP contribution in [0.15, 0.2) is 71.6 Å². The van der Waals surface area contributed by atoms with E-state index >= 15 is 0 Å². The molecule has 0 bridgehead atoms. The topological polar surface area (TPSA) is 87.7 Å². The van der Waals surface area contributed by atoms with Crippen molar-refractivity contribution in [1.29, 1.82) is 5.26 Å². The summed E-state index contributed by atoms with van der Waals surface area (Å²) in [7, 11) is 0. The molecule has 170 valence electrons. The van der Waals surface area contributed by atoms with E-state index in [2.05, 4.69) is 37.2 Å². The number of hydrogen-bond donors (Lipinski definition) is 0. The molecule has 0 aliphatic rings. The maximum absolute atomic E-state index is 14.4. The van der Waals surface area contributed by atoms with Gasteiger partial charge in [0.1, 0.15) is 28.3 Å². The van der Waals surface area contributed by atoms with Gasteiger partial charge in [0, 0.05) is 18.2 Å². The first kappa shape index (κ1) is 23.2. The van der Waals surface area contributed by atoms with Crippen LogP contribution in [0.3, 0.4) is 0 Å². The molecule has 0 spiro atoms. The highest BCUT2D eigenvalue weighted by molar-refractivity contribution is 9.10. The Bertz CT molecular complexity index is 1370. The van der Waals surface area contributed by atoms with Crippen LogP contribution in [0.1, 0.15) is 33.0 Å². The molecular weight excluding hydrogens is 506 g/mol. The largest absolute Gasteiger partial charge is 0.325 e. The Kier molecular flexibility index (Phi) is 7.04. The lowest BCUT2D eigenvalue weighted by Gasteiger charge is -2.23. The normalized spacial score (nSPS) is 10.6. The first-order chi connectivity index (χ1) is 16.4. The molecule has 10 heteroatoms. The minimum Gasteiger partial charge on any atom is -0.325 e.